The van der Waals surface area contributed by atoms with Crippen LogP contribution in [0.5, 0.6) is 0 Å². The predicted molar refractivity (Wildman–Crippen MR) is 113 cm³/mol. The summed E-state index contributed by atoms with van der Waals surface area (Å²) in [4.78, 5) is 0. The molecule has 4 saturated carbocycles. The Bertz CT molecular complexity index is 523. The number of aliphatic hydroxyl groups is 1. The van der Waals surface area contributed by atoms with E-state index in [1.54, 1.807) is 0 Å². The Morgan fingerprint density at radius 2 is 1.63 bits per heavy atom. The van der Waals surface area contributed by atoms with E-state index in [0.717, 1.165) is 49.2 Å². The van der Waals surface area contributed by atoms with Gasteiger partial charge in [-0.2, -0.15) is 0 Å². The fourth-order valence-electron chi connectivity index (χ4n) is 8.05. The van der Waals surface area contributed by atoms with Crippen LogP contribution in [-0.4, -0.2) is 36.4 Å². The molecule has 3 N–H and O–H groups in total. The summed E-state index contributed by atoms with van der Waals surface area (Å²) in [5.41, 5.74) is 0.790. The monoisotopic (exact) mass is 376 g/mol. The van der Waals surface area contributed by atoms with E-state index in [4.69, 9.17) is 0 Å². The van der Waals surface area contributed by atoms with Gasteiger partial charge in [0.15, 0.2) is 0 Å². The Balaban J connectivity index is 1.38. The number of fused-ring (bicyclic) bond motifs is 5. The smallest absolute Gasteiger partial charge is 0.0596 e. The van der Waals surface area contributed by atoms with Crippen molar-refractivity contribution in [3.05, 3.63) is 0 Å². The second-order valence-corrected chi connectivity index (χ2v) is 11.3. The molecule has 3 nitrogen and oxygen atoms in total. The highest BCUT2D eigenvalue weighted by molar-refractivity contribution is 5.09. The molecule has 4 aliphatic rings. The van der Waals surface area contributed by atoms with Crippen LogP contribution in [0.25, 0.3) is 0 Å². The molecule has 8 atom stereocenters. The van der Waals surface area contributed by atoms with Crippen LogP contribution >= 0.6 is 0 Å². The maximum absolute atomic E-state index is 10.6. The first-order valence-corrected chi connectivity index (χ1v) is 12.0. The van der Waals surface area contributed by atoms with Crippen molar-refractivity contribution in [2.75, 3.05) is 13.1 Å². The van der Waals surface area contributed by atoms with Crippen LogP contribution in [-0.2, 0) is 0 Å². The second-order valence-electron chi connectivity index (χ2n) is 11.3. The number of aliphatic hydroxyl groups excluding tert-OH is 1. The number of rotatable bonds is 5. The minimum Gasteiger partial charge on any atom is -0.393 e. The maximum Gasteiger partial charge on any atom is 0.0596 e. The Morgan fingerprint density at radius 3 is 2.41 bits per heavy atom. The van der Waals surface area contributed by atoms with Crippen molar-refractivity contribution in [3.8, 4) is 0 Å². The lowest BCUT2D eigenvalue weighted by Gasteiger charge is -2.61. The van der Waals surface area contributed by atoms with Gasteiger partial charge in [-0.15, -0.1) is 0 Å². The quantitative estimate of drug-likeness (QED) is 0.625. The summed E-state index contributed by atoms with van der Waals surface area (Å²) in [7, 11) is 0. The van der Waals surface area contributed by atoms with Crippen molar-refractivity contribution in [1.82, 2.24) is 10.6 Å². The van der Waals surface area contributed by atoms with Gasteiger partial charge in [-0.05, 0) is 92.3 Å². The van der Waals surface area contributed by atoms with E-state index in [0.29, 0.717) is 11.5 Å². The lowest BCUT2D eigenvalue weighted by atomic mass is 9.45. The predicted octanol–water partition coefficient (Wildman–Crippen LogP) is 4.35. The second kappa shape index (κ2) is 7.61. The highest BCUT2D eigenvalue weighted by Crippen LogP contribution is 2.66. The summed E-state index contributed by atoms with van der Waals surface area (Å²) < 4.78 is 0. The summed E-state index contributed by atoms with van der Waals surface area (Å²) in [6, 6.07) is 1.32. The third-order valence-electron chi connectivity index (χ3n) is 9.73. The molecule has 0 bridgehead atoms. The largest absolute Gasteiger partial charge is 0.393 e. The first-order valence-electron chi connectivity index (χ1n) is 12.0. The molecule has 27 heavy (non-hydrogen) atoms. The minimum absolute atomic E-state index is 0.0339. The van der Waals surface area contributed by atoms with Crippen LogP contribution in [0.15, 0.2) is 0 Å². The van der Waals surface area contributed by atoms with Gasteiger partial charge in [-0.1, -0.05) is 27.7 Å². The number of hydrogen-bond acceptors (Lipinski definition) is 3. The standard InChI is InChI=1S/C24H44N2O/c1-16(2)25-13-14-26-18-9-11-23(3)17(15-18)5-6-19-20-7-8-22(27)24(20,4)12-10-21(19)23/h16-22,25-27H,5-15H2,1-4H3/t17-,18?,19?,20?,21?,22?,23?,24?/m1/s1. The summed E-state index contributed by atoms with van der Waals surface area (Å²) in [6.07, 6.45) is 12.0. The van der Waals surface area contributed by atoms with Gasteiger partial charge in [0.25, 0.3) is 0 Å². The Hall–Kier alpha value is -0.120. The van der Waals surface area contributed by atoms with Gasteiger partial charge in [0.2, 0.25) is 0 Å². The van der Waals surface area contributed by atoms with Crippen LogP contribution in [0, 0.1) is 34.5 Å². The molecule has 0 radical (unpaired) electrons. The van der Waals surface area contributed by atoms with E-state index in [1.807, 2.05) is 0 Å². The Labute approximate surface area is 167 Å². The summed E-state index contributed by atoms with van der Waals surface area (Å²) in [6.45, 7) is 11.7. The average Bonchev–Trinajstić information content (AvgIpc) is 2.94. The van der Waals surface area contributed by atoms with E-state index in [1.165, 1.54) is 51.4 Å². The fraction of sp³-hybridized carbons (Fsp3) is 1.00. The lowest BCUT2D eigenvalue weighted by molar-refractivity contribution is -0.123. The van der Waals surface area contributed by atoms with Crippen LogP contribution in [0.4, 0.5) is 0 Å². The van der Waals surface area contributed by atoms with Crippen LogP contribution in [0.1, 0.15) is 85.5 Å². The van der Waals surface area contributed by atoms with Gasteiger partial charge in [0, 0.05) is 25.2 Å². The zero-order valence-electron chi connectivity index (χ0n) is 18.3. The molecule has 7 unspecified atom stereocenters. The van der Waals surface area contributed by atoms with Crippen LogP contribution in [0.3, 0.4) is 0 Å². The lowest BCUT2D eigenvalue weighted by Crippen LogP contribution is -2.55. The molecule has 4 rings (SSSR count). The Morgan fingerprint density at radius 1 is 0.889 bits per heavy atom. The molecule has 0 aromatic rings. The summed E-state index contributed by atoms with van der Waals surface area (Å²) in [5.74, 6) is 3.52. The molecule has 3 heteroatoms. The van der Waals surface area contributed by atoms with Gasteiger partial charge >= 0.3 is 0 Å². The van der Waals surface area contributed by atoms with Gasteiger partial charge in [-0.3, -0.25) is 0 Å². The normalized spacial score (nSPS) is 49.6. The van der Waals surface area contributed by atoms with Gasteiger partial charge in [0.05, 0.1) is 6.10 Å². The zero-order valence-corrected chi connectivity index (χ0v) is 18.3. The number of hydrogen-bond donors (Lipinski definition) is 3. The van der Waals surface area contributed by atoms with E-state index in [2.05, 4.69) is 38.3 Å². The first-order chi connectivity index (χ1) is 12.8. The molecule has 4 aliphatic carbocycles. The van der Waals surface area contributed by atoms with E-state index in [-0.39, 0.29) is 11.5 Å². The van der Waals surface area contributed by atoms with Crippen LogP contribution in [0.2, 0.25) is 0 Å². The van der Waals surface area contributed by atoms with Gasteiger partial charge in [-0.25, -0.2) is 0 Å². The maximum atomic E-state index is 10.6. The number of nitrogens with one attached hydrogen (secondary N) is 2. The van der Waals surface area contributed by atoms with Crippen molar-refractivity contribution in [1.29, 1.82) is 0 Å². The SMILES string of the molecule is CC(C)NCCNC1CCC2(C)C3CCC4(C)C(O)CCC4C3CC[C@@H]2C1. The van der Waals surface area contributed by atoms with E-state index >= 15 is 0 Å². The zero-order chi connectivity index (χ0) is 19.2. The van der Waals surface area contributed by atoms with Crippen molar-refractivity contribution in [2.24, 2.45) is 34.5 Å². The molecular formula is C24H44N2O. The molecule has 4 fully saturated rings. The molecule has 0 saturated heterocycles. The van der Waals surface area contributed by atoms with Crippen molar-refractivity contribution in [3.63, 3.8) is 0 Å². The van der Waals surface area contributed by atoms with E-state index in [9.17, 15) is 5.11 Å². The molecule has 0 spiro atoms. The topological polar surface area (TPSA) is 44.3 Å². The van der Waals surface area contributed by atoms with Crippen molar-refractivity contribution in [2.45, 2.75) is 104 Å². The van der Waals surface area contributed by atoms with E-state index < -0.39 is 0 Å². The first kappa shape index (κ1) is 20.2. The highest BCUT2D eigenvalue weighted by Gasteiger charge is 2.59. The Kier molecular flexibility index (Phi) is 5.68. The van der Waals surface area contributed by atoms with Crippen LogP contribution < -0.4 is 10.6 Å². The van der Waals surface area contributed by atoms with Crippen molar-refractivity contribution < 1.29 is 5.11 Å². The third kappa shape index (κ3) is 3.51. The molecule has 0 aliphatic heterocycles. The summed E-state index contributed by atoms with van der Waals surface area (Å²) in [5, 5.41) is 18.0. The summed E-state index contributed by atoms with van der Waals surface area (Å²) >= 11 is 0. The molecule has 0 aromatic carbocycles. The molecule has 0 amide bonds. The third-order valence-corrected chi connectivity index (χ3v) is 9.73. The fourth-order valence-corrected chi connectivity index (χ4v) is 8.05. The van der Waals surface area contributed by atoms with Crippen molar-refractivity contribution >= 4 is 0 Å². The molecule has 156 valence electrons. The average molecular weight is 377 g/mol. The highest BCUT2D eigenvalue weighted by atomic mass is 16.3. The molecular weight excluding hydrogens is 332 g/mol. The molecule has 0 aromatic heterocycles. The van der Waals surface area contributed by atoms with Gasteiger partial charge < -0.3 is 15.7 Å². The van der Waals surface area contributed by atoms with Gasteiger partial charge in [0.1, 0.15) is 0 Å². The molecule has 0 heterocycles. The minimum atomic E-state index is -0.0339.